The Hall–Kier alpha value is -1.88. The molecule has 1 fully saturated rings. The van der Waals surface area contributed by atoms with Crippen molar-refractivity contribution in [2.45, 2.75) is 44.9 Å². The van der Waals surface area contributed by atoms with Crippen molar-refractivity contribution in [2.75, 3.05) is 25.0 Å². The van der Waals surface area contributed by atoms with Crippen LogP contribution in [0.15, 0.2) is 24.3 Å². The molecule has 3 N–H and O–H groups in total. The lowest BCUT2D eigenvalue weighted by Gasteiger charge is -2.18. The first-order chi connectivity index (χ1) is 11.2. The highest BCUT2D eigenvalue weighted by Crippen LogP contribution is 2.20. The van der Waals surface area contributed by atoms with Gasteiger partial charge in [0.15, 0.2) is 0 Å². The van der Waals surface area contributed by atoms with Crippen LogP contribution in [0.2, 0.25) is 0 Å². The zero-order chi connectivity index (χ0) is 16.5. The third-order valence-corrected chi connectivity index (χ3v) is 4.18. The molecule has 1 aromatic rings. The number of rotatable bonds is 8. The highest BCUT2D eigenvalue weighted by molar-refractivity contribution is 6.03. The topological polar surface area (TPSA) is 75.4 Å². The summed E-state index contributed by atoms with van der Waals surface area (Å²) in [5.74, 6) is -0.0132. The molecular formula is C18H27N3O2. The van der Waals surface area contributed by atoms with Gasteiger partial charge in [0.1, 0.15) is 0 Å². The predicted octanol–water partition coefficient (Wildman–Crippen LogP) is 2.77. The molecular weight excluding hydrogens is 290 g/mol. The number of nitrogens with one attached hydrogen (secondary N) is 1. The third kappa shape index (κ3) is 5.36. The molecule has 2 amide bonds. The van der Waals surface area contributed by atoms with Crippen molar-refractivity contribution in [3.63, 3.8) is 0 Å². The minimum absolute atomic E-state index is 0.0151. The number of nitrogens with zero attached hydrogens (tertiary/aromatic N) is 1. The number of hydrogen-bond donors (Lipinski definition) is 2. The van der Waals surface area contributed by atoms with E-state index in [0.717, 1.165) is 51.6 Å². The molecule has 1 saturated heterocycles. The van der Waals surface area contributed by atoms with Crippen LogP contribution >= 0.6 is 0 Å². The van der Waals surface area contributed by atoms with E-state index in [4.69, 9.17) is 5.73 Å². The van der Waals surface area contributed by atoms with Gasteiger partial charge in [-0.15, -0.1) is 0 Å². The van der Waals surface area contributed by atoms with Gasteiger partial charge in [0, 0.05) is 19.5 Å². The summed E-state index contributed by atoms with van der Waals surface area (Å²) in [5.41, 5.74) is 6.66. The molecule has 0 saturated carbocycles. The Morgan fingerprint density at radius 2 is 1.74 bits per heavy atom. The first-order valence-electron chi connectivity index (χ1n) is 8.60. The second kappa shape index (κ2) is 9.30. The maximum atomic E-state index is 12.5. The Kier molecular flexibility index (Phi) is 7.07. The van der Waals surface area contributed by atoms with Gasteiger partial charge in [-0.2, -0.15) is 0 Å². The van der Waals surface area contributed by atoms with Crippen LogP contribution in [0.3, 0.4) is 0 Å². The molecule has 0 spiro atoms. The monoisotopic (exact) mass is 317 g/mol. The second-order valence-corrected chi connectivity index (χ2v) is 6.05. The molecule has 0 unspecified atom stereocenters. The SMILES string of the molecule is NCCCCCCC(=O)Nc1ccccc1C(=O)N1CCCC1. The summed E-state index contributed by atoms with van der Waals surface area (Å²) in [6.45, 7) is 2.32. The van der Waals surface area contributed by atoms with Gasteiger partial charge in [0.05, 0.1) is 11.3 Å². The van der Waals surface area contributed by atoms with Gasteiger partial charge >= 0.3 is 0 Å². The predicted molar refractivity (Wildman–Crippen MR) is 92.3 cm³/mol. The standard InChI is InChI=1S/C18H27N3O2/c19-12-6-2-1-3-11-17(22)20-16-10-5-4-9-15(16)18(23)21-13-7-8-14-21/h4-5,9-10H,1-3,6-8,11-14,19H2,(H,20,22). The fraction of sp³-hybridized carbons (Fsp3) is 0.556. The fourth-order valence-corrected chi connectivity index (χ4v) is 2.87. The lowest BCUT2D eigenvalue weighted by molar-refractivity contribution is -0.116. The van der Waals surface area contributed by atoms with Gasteiger partial charge in [-0.05, 0) is 44.4 Å². The maximum Gasteiger partial charge on any atom is 0.255 e. The molecule has 1 aromatic carbocycles. The molecule has 126 valence electrons. The molecule has 1 aliphatic heterocycles. The van der Waals surface area contributed by atoms with Crippen molar-refractivity contribution in [3.8, 4) is 0 Å². The average Bonchev–Trinajstić information content (AvgIpc) is 3.09. The highest BCUT2D eigenvalue weighted by Gasteiger charge is 2.22. The molecule has 5 heteroatoms. The van der Waals surface area contributed by atoms with Crippen molar-refractivity contribution < 1.29 is 9.59 Å². The Labute approximate surface area is 138 Å². The molecule has 23 heavy (non-hydrogen) atoms. The van der Waals surface area contributed by atoms with E-state index in [1.54, 1.807) is 12.1 Å². The molecule has 0 bridgehead atoms. The van der Waals surface area contributed by atoms with Crippen LogP contribution < -0.4 is 11.1 Å². The zero-order valence-electron chi connectivity index (χ0n) is 13.7. The number of likely N-dealkylation sites (tertiary alicyclic amines) is 1. The normalized spacial score (nSPS) is 14.0. The number of benzene rings is 1. The number of amides is 2. The molecule has 5 nitrogen and oxygen atoms in total. The molecule has 1 aliphatic rings. The Balaban J connectivity index is 1.89. The minimum Gasteiger partial charge on any atom is -0.339 e. The van der Waals surface area contributed by atoms with Gasteiger partial charge in [0.25, 0.3) is 5.91 Å². The molecule has 1 heterocycles. The van der Waals surface area contributed by atoms with Crippen molar-refractivity contribution in [3.05, 3.63) is 29.8 Å². The van der Waals surface area contributed by atoms with Crippen molar-refractivity contribution in [1.29, 1.82) is 0 Å². The highest BCUT2D eigenvalue weighted by atomic mass is 16.2. The van der Waals surface area contributed by atoms with Gasteiger partial charge in [0.2, 0.25) is 5.91 Å². The molecule has 0 aliphatic carbocycles. The van der Waals surface area contributed by atoms with Crippen LogP contribution in [-0.4, -0.2) is 36.3 Å². The second-order valence-electron chi connectivity index (χ2n) is 6.05. The zero-order valence-corrected chi connectivity index (χ0v) is 13.7. The quantitative estimate of drug-likeness (QED) is 0.724. The van der Waals surface area contributed by atoms with Crippen molar-refractivity contribution >= 4 is 17.5 Å². The van der Waals surface area contributed by atoms with E-state index in [0.29, 0.717) is 24.2 Å². The number of unbranched alkanes of at least 4 members (excludes halogenated alkanes) is 3. The Bertz CT molecular complexity index is 525. The summed E-state index contributed by atoms with van der Waals surface area (Å²) in [4.78, 5) is 26.5. The van der Waals surface area contributed by atoms with E-state index in [-0.39, 0.29) is 11.8 Å². The number of carbonyl (C=O) groups is 2. The number of nitrogens with two attached hydrogens (primary N) is 1. The van der Waals surface area contributed by atoms with Crippen LogP contribution in [0.25, 0.3) is 0 Å². The minimum atomic E-state index is -0.0283. The largest absolute Gasteiger partial charge is 0.339 e. The van der Waals surface area contributed by atoms with E-state index in [2.05, 4.69) is 5.32 Å². The van der Waals surface area contributed by atoms with E-state index in [1.165, 1.54) is 0 Å². The van der Waals surface area contributed by atoms with Gasteiger partial charge in [-0.25, -0.2) is 0 Å². The van der Waals surface area contributed by atoms with Crippen LogP contribution in [0.4, 0.5) is 5.69 Å². The molecule has 0 atom stereocenters. The number of anilines is 1. The third-order valence-electron chi connectivity index (χ3n) is 4.18. The number of carbonyl (C=O) groups excluding carboxylic acids is 2. The Morgan fingerprint density at radius 1 is 1.04 bits per heavy atom. The average molecular weight is 317 g/mol. The van der Waals surface area contributed by atoms with Crippen molar-refractivity contribution in [2.24, 2.45) is 5.73 Å². The first-order valence-corrected chi connectivity index (χ1v) is 8.60. The van der Waals surface area contributed by atoms with Crippen molar-refractivity contribution in [1.82, 2.24) is 4.90 Å². The lowest BCUT2D eigenvalue weighted by Crippen LogP contribution is -2.28. The summed E-state index contributed by atoms with van der Waals surface area (Å²) in [7, 11) is 0. The van der Waals surface area contributed by atoms with Gasteiger partial charge in [-0.3, -0.25) is 9.59 Å². The smallest absolute Gasteiger partial charge is 0.255 e. The summed E-state index contributed by atoms with van der Waals surface area (Å²) in [5, 5.41) is 2.89. The Morgan fingerprint density at radius 3 is 2.48 bits per heavy atom. The molecule has 2 rings (SSSR count). The summed E-state index contributed by atoms with van der Waals surface area (Å²) < 4.78 is 0. The first kappa shape index (κ1) is 17.5. The number of para-hydroxylation sites is 1. The van der Waals surface area contributed by atoms with Gasteiger partial charge in [-0.1, -0.05) is 25.0 Å². The van der Waals surface area contributed by atoms with Gasteiger partial charge < -0.3 is 16.0 Å². The molecule has 0 aromatic heterocycles. The van der Waals surface area contributed by atoms with Crippen LogP contribution in [-0.2, 0) is 4.79 Å². The van der Waals surface area contributed by atoms with E-state index >= 15 is 0 Å². The summed E-state index contributed by atoms with van der Waals surface area (Å²) in [6, 6.07) is 7.27. The fourth-order valence-electron chi connectivity index (χ4n) is 2.87. The summed E-state index contributed by atoms with van der Waals surface area (Å²) >= 11 is 0. The lowest BCUT2D eigenvalue weighted by atomic mass is 10.1. The number of hydrogen-bond acceptors (Lipinski definition) is 3. The van der Waals surface area contributed by atoms with Crippen LogP contribution in [0.5, 0.6) is 0 Å². The maximum absolute atomic E-state index is 12.5. The van der Waals surface area contributed by atoms with E-state index < -0.39 is 0 Å². The summed E-state index contributed by atoms with van der Waals surface area (Å²) in [6.07, 6.45) is 6.54. The van der Waals surface area contributed by atoms with Crippen LogP contribution in [0, 0.1) is 0 Å². The molecule has 0 radical (unpaired) electrons. The van der Waals surface area contributed by atoms with E-state index in [1.807, 2.05) is 17.0 Å². The van der Waals surface area contributed by atoms with Crippen LogP contribution in [0.1, 0.15) is 55.3 Å². The van der Waals surface area contributed by atoms with E-state index in [9.17, 15) is 9.59 Å².